The summed E-state index contributed by atoms with van der Waals surface area (Å²) >= 11 is 1.67. The van der Waals surface area contributed by atoms with Gasteiger partial charge in [-0.2, -0.15) is 5.26 Å². The van der Waals surface area contributed by atoms with Crippen molar-refractivity contribution in [2.45, 2.75) is 20.4 Å². The molecule has 17 heavy (non-hydrogen) atoms. The number of rotatable bonds is 3. The molecule has 0 saturated heterocycles. The lowest BCUT2D eigenvalue weighted by molar-refractivity contribution is 1.04. The fourth-order valence-electron chi connectivity index (χ4n) is 1.26. The number of nitriles is 1. The molecule has 0 bridgehead atoms. The molecule has 0 atom stereocenters. The van der Waals surface area contributed by atoms with Crippen LogP contribution in [0.5, 0.6) is 0 Å². The van der Waals surface area contributed by atoms with Crippen LogP contribution in [0.25, 0.3) is 0 Å². The molecule has 0 aromatic carbocycles. The van der Waals surface area contributed by atoms with Crippen molar-refractivity contribution < 1.29 is 0 Å². The minimum absolute atomic E-state index is 0.316. The van der Waals surface area contributed by atoms with Crippen LogP contribution in [0.1, 0.15) is 21.3 Å². The molecule has 2 aromatic heterocycles. The first-order valence-electron chi connectivity index (χ1n) is 5.08. The highest BCUT2D eigenvalue weighted by atomic mass is 32.1. The SMILES string of the molecule is Cc1nc(CNc2cnc(C#N)cn2)sc1C. The topological polar surface area (TPSA) is 74.5 Å². The molecule has 5 nitrogen and oxygen atoms in total. The van der Waals surface area contributed by atoms with E-state index in [0.717, 1.165) is 10.7 Å². The summed E-state index contributed by atoms with van der Waals surface area (Å²) in [5, 5.41) is 12.7. The lowest BCUT2D eigenvalue weighted by Gasteiger charge is -2.01. The number of nitrogens with one attached hydrogen (secondary N) is 1. The number of thiazole rings is 1. The molecule has 0 radical (unpaired) electrons. The van der Waals surface area contributed by atoms with Crippen molar-refractivity contribution in [1.29, 1.82) is 5.26 Å². The van der Waals surface area contributed by atoms with Crippen LogP contribution in [0.15, 0.2) is 12.4 Å². The van der Waals surface area contributed by atoms with E-state index in [1.54, 1.807) is 17.5 Å². The van der Waals surface area contributed by atoms with Gasteiger partial charge in [0.1, 0.15) is 16.9 Å². The smallest absolute Gasteiger partial charge is 0.158 e. The standard InChI is InChI=1S/C11H11N5S/c1-7-8(2)17-11(16-7)6-15-10-5-13-9(3-12)4-14-10/h4-5H,6H2,1-2H3,(H,14,15). The first-order chi connectivity index (χ1) is 8.19. The summed E-state index contributed by atoms with van der Waals surface area (Å²) in [7, 11) is 0. The number of hydrogen-bond donors (Lipinski definition) is 1. The van der Waals surface area contributed by atoms with Gasteiger partial charge in [0.25, 0.3) is 0 Å². The number of nitrogens with zero attached hydrogens (tertiary/aromatic N) is 4. The van der Waals surface area contributed by atoms with Crippen LogP contribution in [-0.2, 0) is 6.54 Å². The van der Waals surface area contributed by atoms with Crippen molar-refractivity contribution in [3.8, 4) is 6.07 Å². The molecule has 0 spiro atoms. The van der Waals surface area contributed by atoms with E-state index >= 15 is 0 Å². The Hall–Kier alpha value is -2.00. The van der Waals surface area contributed by atoms with Crippen molar-refractivity contribution in [2.75, 3.05) is 5.32 Å². The summed E-state index contributed by atoms with van der Waals surface area (Å²) in [6.07, 6.45) is 2.99. The van der Waals surface area contributed by atoms with Crippen LogP contribution < -0.4 is 5.32 Å². The van der Waals surface area contributed by atoms with Crippen LogP contribution >= 0.6 is 11.3 Å². The molecule has 0 amide bonds. The summed E-state index contributed by atoms with van der Waals surface area (Å²) < 4.78 is 0. The van der Waals surface area contributed by atoms with Gasteiger partial charge in [-0.3, -0.25) is 0 Å². The highest BCUT2D eigenvalue weighted by Crippen LogP contribution is 2.17. The summed E-state index contributed by atoms with van der Waals surface area (Å²) in [5.74, 6) is 0.648. The van der Waals surface area contributed by atoms with E-state index in [1.165, 1.54) is 11.1 Å². The second kappa shape index (κ2) is 4.89. The van der Waals surface area contributed by atoms with Gasteiger partial charge >= 0.3 is 0 Å². The minimum Gasteiger partial charge on any atom is -0.362 e. The van der Waals surface area contributed by atoms with Crippen molar-refractivity contribution in [3.63, 3.8) is 0 Å². The van der Waals surface area contributed by atoms with E-state index in [2.05, 4.69) is 27.2 Å². The first-order valence-corrected chi connectivity index (χ1v) is 5.89. The maximum atomic E-state index is 8.59. The molecule has 0 unspecified atom stereocenters. The third kappa shape index (κ3) is 2.77. The Bertz CT molecular complexity index is 533. The Morgan fingerprint density at radius 3 is 2.71 bits per heavy atom. The predicted molar refractivity (Wildman–Crippen MR) is 65.7 cm³/mol. The maximum absolute atomic E-state index is 8.59. The third-order valence-electron chi connectivity index (χ3n) is 2.26. The zero-order valence-electron chi connectivity index (χ0n) is 9.56. The lowest BCUT2D eigenvalue weighted by Crippen LogP contribution is -2.01. The monoisotopic (exact) mass is 245 g/mol. The Balaban J connectivity index is 2.00. The van der Waals surface area contributed by atoms with Gasteiger partial charge in [-0.1, -0.05) is 0 Å². The Morgan fingerprint density at radius 2 is 2.18 bits per heavy atom. The van der Waals surface area contributed by atoms with Gasteiger partial charge < -0.3 is 5.32 Å². The van der Waals surface area contributed by atoms with Crippen LogP contribution in [0.3, 0.4) is 0 Å². The van der Waals surface area contributed by atoms with Gasteiger partial charge in [0.2, 0.25) is 0 Å². The minimum atomic E-state index is 0.316. The van der Waals surface area contributed by atoms with Crippen LogP contribution in [0.2, 0.25) is 0 Å². The van der Waals surface area contributed by atoms with E-state index in [9.17, 15) is 0 Å². The summed E-state index contributed by atoms with van der Waals surface area (Å²) in [6, 6.07) is 1.93. The molecule has 0 fully saturated rings. The quantitative estimate of drug-likeness (QED) is 0.895. The summed E-state index contributed by atoms with van der Waals surface area (Å²) in [5.41, 5.74) is 1.38. The normalized spacial score (nSPS) is 9.94. The molecule has 1 N–H and O–H groups in total. The summed E-state index contributed by atoms with van der Waals surface area (Å²) in [4.78, 5) is 13.6. The van der Waals surface area contributed by atoms with E-state index in [4.69, 9.17) is 5.26 Å². The predicted octanol–water partition coefficient (Wildman–Crippen LogP) is 2.03. The van der Waals surface area contributed by atoms with Gasteiger partial charge in [-0.05, 0) is 13.8 Å². The van der Waals surface area contributed by atoms with E-state index < -0.39 is 0 Å². The largest absolute Gasteiger partial charge is 0.362 e. The molecule has 0 saturated carbocycles. The Kier molecular flexibility index (Phi) is 3.30. The molecule has 0 aliphatic rings. The van der Waals surface area contributed by atoms with Crippen molar-refractivity contribution >= 4 is 17.2 Å². The maximum Gasteiger partial charge on any atom is 0.158 e. The number of anilines is 1. The second-order valence-corrected chi connectivity index (χ2v) is 4.79. The van der Waals surface area contributed by atoms with Crippen LogP contribution in [0.4, 0.5) is 5.82 Å². The first kappa shape index (κ1) is 11.5. The van der Waals surface area contributed by atoms with E-state index in [1.807, 2.05) is 13.0 Å². The number of aryl methyl sites for hydroxylation is 2. The zero-order valence-corrected chi connectivity index (χ0v) is 10.4. The molecule has 0 aliphatic heterocycles. The lowest BCUT2D eigenvalue weighted by atomic mass is 10.4. The molecule has 0 aliphatic carbocycles. The van der Waals surface area contributed by atoms with E-state index in [0.29, 0.717) is 18.1 Å². The van der Waals surface area contributed by atoms with Gasteiger partial charge in [-0.25, -0.2) is 15.0 Å². The number of hydrogen-bond acceptors (Lipinski definition) is 6. The highest BCUT2D eigenvalue weighted by molar-refractivity contribution is 7.11. The van der Waals surface area contributed by atoms with Gasteiger partial charge in [0, 0.05) is 4.88 Å². The molecular weight excluding hydrogens is 234 g/mol. The average molecular weight is 245 g/mol. The molecule has 2 heterocycles. The molecular formula is C11H11N5S. The van der Waals surface area contributed by atoms with Crippen molar-refractivity contribution in [1.82, 2.24) is 15.0 Å². The van der Waals surface area contributed by atoms with Crippen molar-refractivity contribution in [3.05, 3.63) is 33.7 Å². The fraction of sp³-hybridized carbons (Fsp3) is 0.273. The summed E-state index contributed by atoms with van der Waals surface area (Å²) in [6.45, 7) is 4.68. The Labute approximate surface area is 103 Å². The second-order valence-electron chi connectivity index (χ2n) is 3.50. The zero-order chi connectivity index (χ0) is 12.3. The van der Waals surface area contributed by atoms with Crippen molar-refractivity contribution in [2.24, 2.45) is 0 Å². The highest BCUT2D eigenvalue weighted by Gasteiger charge is 2.03. The van der Waals surface area contributed by atoms with E-state index in [-0.39, 0.29) is 0 Å². The van der Waals surface area contributed by atoms with Gasteiger partial charge in [0.05, 0.1) is 24.6 Å². The molecule has 86 valence electrons. The van der Waals surface area contributed by atoms with Gasteiger partial charge in [0.15, 0.2) is 5.69 Å². The molecule has 2 aromatic rings. The van der Waals surface area contributed by atoms with Gasteiger partial charge in [-0.15, -0.1) is 11.3 Å². The van der Waals surface area contributed by atoms with Crippen LogP contribution in [-0.4, -0.2) is 15.0 Å². The fourth-order valence-corrected chi connectivity index (χ4v) is 2.13. The molecule has 2 rings (SSSR count). The average Bonchev–Trinajstić information content (AvgIpc) is 2.67. The number of aromatic nitrogens is 3. The van der Waals surface area contributed by atoms with Crippen LogP contribution in [0, 0.1) is 25.2 Å². The Morgan fingerprint density at radius 1 is 1.35 bits per heavy atom. The molecule has 6 heteroatoms. The third-order valence-corrected chi connectivity index (χ3v) is 3.33.